The van der Waals surface area contributed by atoms with Crippen molar-refractivity contribution < 1.29 is 9.53 Å². The highest BCUT2D eigenvalue weighted by Gasteiger charge is 2.39. The normalized spacial score (nSPS) is 24.4. The Morgan fingerprint density at radius 3 is 2.70 bits per heavy atom. The zero-order chi connectivity index (χ0) is 14.4. The van der Waals surface area contributed by atoms with E-state index in [1.165, 1.54) is 25.7 Å². The van der Waals surface area contributed by atoms with Gasteiger partial charge in [0.05, 0.1) is 18.2 Å². The Labute approximate surface area is 126 Å². The molecule has 1 aliphatic heterocycles. The number of hydrogen-bond acceptors (Lipinski definition) is 4. The lowest BCUT2D eigenvalue weighted by Gasteiger charge is -2.43. The first-order valence-corrected chi connectivity index (χ1v) is 9.23. The van der Waals surface area contributed by atoms with Crippen molar-refractivity contribution in [3.8, 4) is 0 Å². The fourth-order valence-corrected chi connectivity index (χ4v) is 3.80. The Bertz CT molecular complexity index is 317. The molecule has 1 unspecified atom stereocenters. The van der Waals surface area contributed by atoms with E-state index in [0.717, 1.165) is 31.6 Å². The van der Waals surface area contributed by atoms with E-state index in [4.69, 9.17) is 10.5 Å². The molecule has 1 atom stereocenters. The number of ether oxygens (including phenoxy) is 1. The molecule has 1 heterocycles. The van der Waals surface area contributed by atoms with Crippen LogP contribution in [0.4, 0.5) is 0 Å². The second-order valence-electron chi connectivity index (χ2n) is 6.09. The second kappa shape index (κ2) is 7.66. The van der Waals surface area contributed by atoms with Crippen LogP contribution in [0.25, 0.3) is 0 Å². The third kappa shape index (κ3) is 4.12. The third-order valence-corrected chi connectivity index (χ3v) is 5.17. The average Bonchev–Trinajstić information content (AvgIpc) is 2.69. The predicted molar refractivity (Wildman–Crippen MR) is 83.9 cm³/mol. The molecule has 20 heavy (non-hydrogen) atoms. The van der Waals surface area contributed by atoms with E-state index in [1.807, 2.05) is 11.2 Å². The molecule has 1 amide bonds. The Kier molecular flexibility index (Phi) is 6.18. The van der Waals surface area contributed by atoms with Crippen LogP contribution >= 0.6 is 11.8 Å². The van der Waals surface area contributed by atoms with Crippen LogP contribution in [-0.2, 0) is 9.53 Å². The zero-order valence-electron chi connectivity index (χ0n) is 12.6. The average molecular weight is 300 g/mol. The summed E-state index contributed by atoms with van der Waals surface area (Å²) in [5.41, 5.74) is 5.96. The van der Waals surface area contributed by atoms with Gasteiger partial charge < -0.3 is 15.4 Å². The van der Waals surface area contributed by atoms with Gasteiger partial charge in [-0.05, 0) is 31.3 Å². The first-order valence-electron chi connectivity index (χ1n) is 7.84. The lowest BCUT2D eigenvalue weighted by molar-refractivity contribution is -0.154. The molecule has 1 aliphatic carbocycles. The Hall–Kier alpha value is -0.260. The maximum absolute atomic E-state index is 12.5. The molecular weight excluding hydrogens is 272 g/mol. The number of nitrogens with two attached hydrogens (primary N) is 1. The van der Waals surface area contributed by atoms with Crippen LogP contribution in [0.2, 0.25) is 0 Å². The molecule has 1 spiro atoms. The first-order chi connectivity index (χ1) is 9.67. The van der Waals surface area contributed by atoms with E-state index in [0.29, 0.717) is 13.2 Å². The van der Waals surface area contributed by atoms with Gasteiger partial charge in [0.25, 0.3) is 0 Å². The number of morpholine rings is 1. The number of rotatable bonds is 4. The summed E-state index contributed by atoms with van der Waals surface area (Å²) in [6, 6.07) is -0.344. The van der Waals surface area contributed by atoms with Gasteiger partial charge in [-0.3, -0.25) is 4.79 Å². The fraction of sp³-hybridized carbons (Fsp3) is 0.933. The third-order valence-electron chi connectivity index (χ3n) is 4.53. The molecule has 0 aromatic rings. The summed E-state index contributed by atoms with van der Waals surface area (Å²) < 4.78 is 6.09. The summed E-state index contributed by atoms with van der Waals surface area (Å²) in [5, 5.41) is 0. The highest BCUT2D eigenvalue weighted by molar-refractivity contribution is 7.98. The van der Waals surface area contributed by atoms with E-state index in [9.17, 15) is 4.79 Å². The molecule has 1 saturated heterocycles. The molecule has 0 bridgehead atoms. The smallest absolute Gasteiger partial charge is 0.239 e. The van der Waals surface area contributed by atoms with Gasteiger partial charge in [0, 0.05) is 13.1 Å². The van der Waals surface area contributed by atoms with E-state index < -0.39 is 0 Å². The maximum Gasteiger partial charge on any atom is 0.239 e. The SMILES string of the molecule is CSCCC(N)C(=O)N1CCOC2(CCCCCC2)C1. The molecule has 1 saturated carbocycles. The van der Waals surface area contributed by atoms with Crippen molar-refractivity contribution in [3.63, 3.8) is 0 Å². The number of thioether (sulfide) groups is 1. The van der Waals surface area contributed by atoms with Crippen molar-refractivity contribution in [2.24, 2.45) is 5.73 Å². The molecule has 0 aromatic carbocycles. The van der Waals surface area contributed by atoms with E-state index >= 15 is 0 Å². The Morgan fingerprint density at radius 2 is 2.05 bits per heavy atom. The van der Waals surface area contributed by atoms with Crippen LogP contribution in [0.15, 0.2) is 0 Å². The quantitative estimate of drug-likeness (QED) is 0.863. The van der Waals surface area contributed by atoms with Crippen LogP contribution in [-0.4, -0.2) is 54.2 Å². The van der Waals surface area contributed by atoms with E-state index in [-0.39, 0.29) is 17.6 Å². The number of nitrogens with zero attached hydrogens (tertiary/aromatic N) is 1. The van der Waals surface area contributed by atoms with Gasteiger partial charge in [-0.25, -0.2) is 0 Å². The second-order valence-corrected chi connectivity index (χ2v) is 7.08. The van der Waals surface area contributed by atoms with Crippen molar-refractivity contribution in [1.82, 2.24) is 4.90 Å². The minimum atomic E-state index is -0.344. The van der Waals surface area contributed by atoms with Crippen LogP contribution in [0.3, 0.4) is 0 Å². The summed E-state index contributed by atoms with van der Waals surface area (Å²) in [7, 11) is 0. The van der Waals surface area contributed by atoms with Gasteiger partial charge >= 0.3 is 0 Å². The van der Waals surface area contributed by atoms with Crippen LogP contribution in [0.5, 0.6) is 0 Å². The zero-order valence-corrected chi connectivity index (χ0v) is 13.4. The van der Waals surface area contributed by atoms with Gasteiger partial charge in [0.2, 0.25) is 5.91 Å². The Morgan fingerprint density at radius 1 is 1.35 bits per heavy atom. The molecule has 2 N–H and O–H groups in total. The molecule has 2 aliphatic rings. The Balaban J connectivity index is 1.93. The molecule has 2 rings (SSSR count). The van der Waals surface area contributed by atoms with Gasteiger partial charge in [-0.2, -0.15) is 11.8 Å². The molecule has 4 nitrogen and oxygen atoms in total. The van der Waals surface area contributed by atoms with E-state index in [1.54, 1.807) is 11.8 Å². The van der Waals surface area contributed by atoms with Gasteiger partial charge in [0.1, 0.15) is 0 Å². The van der Waals surface area contributed by atoms with Gasteiger partial charge in [-0.15, -0.1) is 0 Å². The standard InChI is InChI=1S/C15H28N2O2S/c1-20-11-6-13(16)14(18)17-9-10-19-15(12-17)7-4-2-3-5-8-15/h13H,2-12,16H2,1H3. The number of carbonyl (C=O) groups excluding carboxylic acids is 1. The van der Waals surface area contributed by atoms with Crippen molar-refractivity contribution in [1.29, 1.82) is 0 Å². The predicted octanol–water partition coefficient (Wildman–Crippen LogP) is 2.02. The lowest BCUT2D eigenvalue weighted by atomic mass is 9.92. The van der Waals surface area contributed by atoms with Crippen molar-refractivity contribution in [2.45, 2.75) is 56.6 Å². The van der Waals surface area contributed by atoms with Crippen molar-refractivity contribution in [3.05, 3.63) is 0 Å². The van der Waals surface area contributed by atoms with Gasteiger partial charge in [-0.1, -0.05) is 25.7 Å². The molecule has 0 aromatic heterocycles. The molecule has 2 fully saturated rings. The number of carbonyl (C=O) groups is 1. The summed E-state index contributed by atoms with van der Waals surface area (Å²) in [6.45, 7) is 2.12. The highest BCUT2D eigenvalue weighted by atomic mass is 32.2. The minimum absolute atomic E-state index is 0.0797. The fourth-order valence-electron chi connectivity index (χ4n) is 3.31. The molecule has 0 radical (unpaired) electrons. The number of hydrogen-bond donors (Lipinski definition) is 1. The summed E-state index contributed by atoms with van der Waals surface area (Å²) in [6.07, 6.45) is 10.0. The monoisotopic (exact) mass is 300 g/mol. The van der Waals surface area contributed by atoms with Crippen molar-refractivity contribution in [2.75, 3.05) is 31.7 Å². The van der Waals surface area contributed by atoms with Gasteiger partial charge in [0.15, 0.2) is 0 Å². The summed E-state index contributed by atoms with van der Waals surface area (Å²) >= 11 is 1.74. The van der Waals surface area contributed by atoms with Crippen LogP contribution < -0.4 is 5.73 Å². The highest BCUT2D eigenvalue weighted by Crippen LogP contribution is 2.33. The molecular formula is C15H28N2O2S. The maximum atomic E-state index is 12.5. The number of amides is 1. The van der Waals surface area contributed by atoms with Crippen LogP contribution in [0.1, 0.15) is 44.9 Å². The summed E-state index contributed by atoms with van der Waals surface area (Å²) in [5.74, 6) is 1.06. The molecule has 5 heteroatoms. The molecule has 116 valence electrons. The van der Waals surface area contributed by atoms with Crippen LogP contribution in [0, 0.1) is 0 Å². The van der Waals surface area contributed by atoms with E-state index in [2.05, 4.69) is 0 Å². The first kappa shape index (κ1) is 16.1. The topological polar surface area (TPSA) is 55.6 Å². The lowest BCUT2D eigenvalue weighted by Crippen LogP contribution is -2.56. The van der Waals surface area contributed by atoms with Crippen molar-refractivity contribution >= 4 is 17.7 Å². The largest absolute Gasteiger partial charge is 0.371 e. The minimum Gasteiger partial charge on any atom is -0.371 e. The summed E-state index contributed by atoms with van der Waals surface area (Å²) in [4.78, 5) is 14.4.